The van der Waals surface area contributed by atoms with Crippen molar-refractivity contribution in [3.63, 3.8) is 0 Å². The Morgan fingerprint density at radius 1 is 1.18 bits per heavy atom. The molecule has 0 spiro atoms. The third-order valence-electron chi connectivity index (χ3n) is 4.55. The monoisotopic (exact) mass is 383 g/mol. The summed E-state index contributed by atoms with van der Waals surface area (Å²) in [7, 11) is 0. The number of halogens is 1. The number of aromatic nitrogens is 1. The van der Waals surface area contributed by atoms with Crippen LogP contribution in [0.5, 0.6) is 0 Å². The summed E-state index contributed by atoms with van der Waals surface area (Å²) >= 11 is 0. The van der Waals surface area contributed by atoms with E-state index in [2.05, 4.69) is 10.3 Å². The van der Waals surface area contributed by atoms with Crippen molar-refractivity contribution in [1.82, 2.24) is 15.2 Å². The van der Waals surface area contributed by atoms with Crippen molar-refractivity contribution >= 4 is 22.9 Å². The lowest BCUT2D eigenvalue weighted by Gasteiger charge is -2.24. The fraction of sp³-hybridized carbons (Fsp3) is 0.238. The van der Waals surface area contributed by atoms with Crippen LogP contribution in [0.4, 0.5) is 9.18 Å². The van der Waals surface area contributed by atoms with Gasteiger partial charge in [0, 0.05) is 30.7 Å². The lowest BCUT2D eigenvalue weighted by Crippen LogP contribution is -2.48. The van der Waals surface area contributed by atoms with Crippen LogP contribution in [0.1, 0.15) is 18.2 Å². The molecule has 3 aromatic rings. The second-order valence-electron chi connectivity index (χ2n) is 6.57. The molecule has 3 N–H and O–H groups in total. The van der Waals surface area contributed by atoms with E-state index >= 15 is 0 Å². The number of carbonyl (C=O) groups excluding carboxylic acids is 1. The maximum absolute atomic E-state index is 13.3. The van der Waals surface area contributed by atoms with Crippen molar-refractivity contribution in [3.05, 3.63) is 71.7 Å². The predicted octanol–water partition coefficient (Wildman–Crippen LogP) is 3.53. The second kappa shape index (κ2) is 8.56. The van der Waals surface area contributed by atoms with Crippen LogP contribution in [0.2, 0.25) is 0 Å². The lowest BCUT2D eigenvalue weighted by atomic mass is 10.1. The van der Waals surface area contributed by atoms with E-state index in [1.165, 1.54) is 12.1 Å². The van der Waals surface area contributed by atoms with Crippen LogP contribution in [0.3, 0.4) is 0 Å². The molecule has 0 radical (unpaired) electrons. The third-order valence-corrected chi connectivity index (χ3v) is 4.55. The highest BCUT2D eigenvalue weighted by Gasteiger charge is 2.24. The van der Waals surface area contributed by atoms with Gasteiger partial charge >= 0.3 is 12.0 Å². The maximum Gasteiger partial charge on any atom is 0.326 e. The average molecular weight is 383 g/mol. The molecule has 1 heterocycles. The molecule has 0 aliphatic heterocycles. The number of hydrogen-bond acceptors (Lipinski definition) is 2. The summed E-state index contributed by atoms with van der Waals surface area (Å²) in [5.41, 5.74) is 2.16. The molecule has 0 saturated carbocycles. The SMILES string of the molecule is CCN(Cc1ccccc1)C(=O)N[C@H](Cc1cc2ccc(F)cc2[nH]1)C(=O)O. The number of carbonyl (C=O) groups is 2. The van der Waals surface area contributed by atoms with Crippen molar-refractivity contribution in [2.45, 2.75) is 25.9 Å². The summed E-state index contributed by atoms with van der Waals surface area (Å²) in [5.74, 6) is -1.50. The predicted molar refractivity (Wildman–Crippen MR) is 104 cm³/mol. The van der Waals surface area contributed by atoms with Crippen molar-refractivity contribution in [2.24, 2.45) is 0 Å². The number of aromatic amines is 1. The van der Waals surface area contributed by atoms with Gasteiger partial charge in [-0.25, -0.2) is 14.0 Å². The summed E-state index contributed by atoms with van der Waals surface area (Å²) in [6.07, 6.45) is 0.0697. The number of H-pyrrole nitrogens is 1. The molecule has 3 rings (SSSR count). The minimum Gasteiger partial charge on any atom is -0.480 e. The summed E-state index contributed by atoms with van der Waals surface area (Å²) in [4.78, 5) is 28.8. The van der Waals surface area contributed by atoms with Crippen LogP contribution in [-0.2, 0) is 17.8 Å². The molecule has 6 nitrogen and oxygen atoms in total. The van der Waals surface area contributed by atoms with Crippen LogP contribution < -0.4 is 5.32 Å². The van der Waals surface area contributed by atoms with Gasteiger partial charge in [-0.05, 0) is 42.1 Å². The number of amides is 2. The summed E-state index contributed by atoms with van der Waals surface area (Å²) in [6, 6.07) is 14.0. The van der Waals surface area contributed by atoms with E-state index in [1.807, 2.05) is 37.3 Å². The summed E-state index contributed by atoms with van der Waals surface area (Å²) in [5, 5.41) is 12.9. The van der Waals surface area contributed by atoms with E-state index in [1.54, 1.807) is 17.0 Å². The molecule has 146 valence electrons. The number of nitrogens with zero attached hydrogens (tertiary/aromatic N) is 1. The first kappa shape index (κ1) is 19.4. The molecule has 2 amide bonds. The zero-order valence-corrected chi connectivity index (χ0v) is 15.5. The highest BCUT2D eigenvalue weighted by molar-refractivity contribution is 5.84. The molecule has 1 atom stereocenters. The molecule has 2 aromatic carbocycles. The van der Waals surface area contributed by atoms with Crippen LogP contribution in [-0.4, -0.2) is 39.6 Å². The first-order valence-electron chi connectivity index (χ1n) is 9.05. The molecule has 0 bridgehead atoms. The number of carboxylic acid groups (broad SMARTS) is 1. The van der Waals surface area contributed by atoms with Crippen LogP contribution in [0, 0.1) is 5.82 Å². The van der Waals surface area contributed by atoms with Gasteiger partial charge in [-0.3, -0.25) is 0 Å². The second-order valence-corrected chi connectivity index (χ2v) is 6.57. The number of fused-ring (bicyclic) bond motifs is 1. The maximum atomic E-state index is 13.3. The Balaban J connectivity index is 1.70. The number of nitrogens with one attached hydrogen (secondary N) is 2. The van der Waals surface area contributed by atoms with E-state index in [9.17, 15) is 19.1 Å². The molecule has 0 aliphatic carbocycles. The van der Waals surface area contributed by atoms with Gasteiger partial charge in [-0.15, -0.1) is 0 Å². The Morgan fingerprint density at radius 2 is 1.93 bits per heavy atom. The number of rotatable bonds is 7. The molecule has 28 heavy (non-hydrogen) atoms. The van der Waals surface area contributed by atoms with Gasteiger partial charge in [0.15, 0.2) is 0 Å². The van der Waals surface area contributed by atoms with Gasteiger partial charge in [0.05, 0.1) is 0 Å². The number of aliphatic carboxylic acids is 1. The minimum absolute atomic E-state index is 0.0697. The highest BCUT2D eigenvalue weighted by atomic mass is 19.1. The zero-order valence-electron chi connectivity index (χ0n) is 15.5. The van der Waals surface area contributed by atoms with Gasteiger partial charge in [0.2, 0.25) is 0 Å². The Labute approximate surface area is 162 Å². The average Bonchev–Trinajstić information content (AvgIpc) is 3.07. The number of urea groups is 1. The fourth-order valence-corrected chi connectivity index (χ4v) is 3.06. The molecule has 0 saturated heterocycles. The molecular formula is C21H22FN3O3. The zero-order chi connectivity index (χ0) is 20.1. The Hall–Kier alpha value is -3.35. The van der Waals surface area contributed by atoms with Crippen LogP contribution >= 0.6 is 0 Å². The van der Waals surface area contributed by atoms with Crippen molar-refractivity contribution in [2.75, 3.05) is 6.54 Å². The molecule has 7 heteroatoms. The van der Waals surface area contributed by atoms with E-state index in [-0.39, 0.29) is 12.2 Å². The third kappa shape index (κ3) is 4.68. The minimum atomic E-state index is -1.13. The number of hydrogen-bond donors (Lipinski definition) is 3. The van der Waals surface area contributed by atoms with Crippen molar-refractivity contribution in [3.8, 4) is 0 Å². The first-order valence-corrected chi connectivity index (χ1v) is 9.05. The van der Waals surface area contributed by atoms with Gasteiger partial charge in [0.1, 0.15) is 11.9 Å². The van der Waals surface area contributed by atoms with Gasteiger partial charge in [-0.1, -0.05) is 30.3 Å². The van der Waals surface area contributed by atoms with Crippen LogP contribution in [0.15, 0.2) is 54.6 Å². The topological polar surface area (TPSA) is 85.4 Å². The van der Waals surface area contributed by atoms with E-state index in [0.29, 0.717) is 24.3 Å². The molecule has 0 unspecified atom stereocenters. The number of benzene rings is 2. The lowest BCUT2D eigenvalue weighted by molar-refractivity contribution is -0.139. The normalized spacial score (nSPS) is 11.9. The van der Waals surface area contributed by atoms with Gasteiger partial charge in [0.25, 0.3) is 0 Å². The largest absolute Gasteiger partial charge is 0.480 e. The van der Waals surface area contributed by atoms with Gasteiger partial charge < -0.3 is 20.3 Å². The summed E-state index contributed by atoms with van der Waals surface area (Å²) in [6.45, 7) is 2.67. The smallest absolute Gasteiger partial charge is 0.326 e. The summed E-state index contributed by atoms with van der Waals surface area (Å²) < 4.78 is 13.3. The van der Waals surface area contributed by atoms with E-state index in [0.717, 1.165) is 10.9 Å². The Morgan fingerprint density at radius 3 is 2.61 bits per heavy atom. The van der Waals surface area contributed by atoms with Crippen molar-refractivity contribution < 1.29 is 19.1 Å². The molecular weight excluding hydrogens is 361 g/mol. The Kier molecular flexibility index (Phi) is 5.93. The van der Waals surface area contributed by atoms with Gasteiger partial charge in [-0.2, -0.15) is 0 Å². The fourth-order valence-electron chi connectivity index (χ4n) is 3.06. The molecule has 0 fully saturated rings. The molecule has 0 aliphatic rings. The number of carboxylic acids is 1. The first-order chi connectivity index (χ1) is 13.5. The van der Waals surface area contributed by atoms with E-state index in [4.69, 9.17) is 0 Å². The highest BCUT2D eigenvalue weighted by Crippen LogP contribution is 2.18. The van der Waals surface area contributed by atoms with Crippen molar-refractivity contribution in [1.29, 1.82) is 0 Å². The Bertz CT molecular complexity index is 971. The standard InChI is InChI=1S/C21H22FN3O3/c1-2-25(13-14-6-4-3-5-7-14)21(28)24-19(20(26)27)12-17-10-15-8-9-16(22)11-18(15)23-17/h3-11,19,23H,2,12-13H2,1H3,(H,24,28)(H,26,27)/t19-/m1/s1. The van der Waals surface area contributed by atoms with Crippen LogP contribution in [0.25, 0.3) is 10.9 Å². The quantitative estimate of drug-likeness (QED) is 0.583. The van der Waals surface area contributed by atoms with E-state index < -0.39 is 18.0 Å². The molecule has 1 aromatic heterocycles.